The maximum absolute atomic E-state index is 12.0. The van der Waals surface area contributed by atoms with E-state index in [1.54, 1.807) is 0 Å². The number of hydrogen-bond donors (Lipinski definition) is 2. The fraction of sp³-hybridized carbons (Fsp3) is 0.333. The van der Waals surface area contributed by atoms with Crippen LogP contribution in [-0.4, -0.2) is 24.8 Å². The third-order valence-corrected chi connectivity index (χ3v) is 3.49. The van der Waals surface area contributed by atoms with Gasteiger partial charge in [-0.1, -0.05) is 18.7 Å². The molecule has 1 aliphatic rings. The molecule has 21 heavy (non-hydrogen) atoms. The van der Waals surface area contributed by atoms with Gasteiger partial charge in [-0.25, -0.2) is 0 Å². The van der Waals surface area contributed by atoms with Gasteiger partial charge in [0.1, 0.15) is 11.7 Å². The molecule has 0 bridgehead atoms. The molecule has 1 aromatic rings. The summed E-state index contributed by atoms with van der Waals surface area (Å²) in [6, 6.07) is 7.22. The van der Waals surface area contributed by atoms with Crippen LogP contribution in [0.4, 0.5) is 0 Å². The Kier molecular flexibility index (Phi) is 4.80. The average Bonchev–Trinajstić information content (AvgIpc) is 2.47. The molecule has 1 aromatic carbocycles. The van der Waals surface area contributed by atoms with Gasteiger partial charge in [0.05, 0.1) is 19.8 Å². The van der Waals surface area contributed by atoms with E-state index < -0.39 is 5.92 Å². The molecule has 1 aliphatic heterocycles. The molecule has 6 heteroatoms. The zero-order valence-corrected chi connectivity index (χ0v) is 12.8. The summed E-state index contributed by atoms with van der Waals surface area (Å²) in [7, 11) is 1.36. The highest BCUT2D eigenvalue weighted by molar-refractivity contribution is 7.80. The lowest BCUT2D eigenvalue weighted by atomic mass is 9.89. The molecule has 0 spiro atoms. The molecule has 2 N–H and O–H groups in total. The maximum atomic E-state index is 12.0. The fourth-order valence-electron chi connectivity index (χ4n) is 2.30. The van der Waals surface area contributed by atoms with Gasteiger partial charge < -0.3 is 20.1 Å². The van der Waals surface area contributed by atoms with Crippen molar-refractivity contribution in [3.8, 4) is 5.75 Å². The van der Waals surface area contributed by atoms with E-state index in [1.165, 1.54) is 7.11 Å². The van der Waals surface area contributed by atoms with E-state index in [0.717, 1.165) is 11.3 Å². The summed E-state index contributed by atoms with van der Waals surface area (Å²) < 4.78 is 10.3. The minimum atomic E-state index is -0.542. The Hall–Kier alpha value is -2.08. The summed E-state index contributed by atoms with van der Waals surface area (Å²) in [4.78, 5) is 12.0. The van der Waals surface area contributed by atoms with Crippen LogP contribution >= 0.6 is 12.2 Å². The monoisotopic (exact) mass is 306 g/mol. The fourth-order valence-corrected chi connectivity index (χ4v) is 2.56. The number of methoxy groups -OCH3 is 1. The van der Waals surface area contributed by atoms with Crippen LogP contribution in [0.1, 0.15) is 18.5 Å². The highest BCUT2D eigenvalue weighted by Gasteiger charge is 2.37. The summed E-state index contributed by atoms with van der Waals surface area (Å²) in [5, 5.41) is 6.42. The third kappa shape index (κ3) is 3.33. The molecule has 0 saturated carbocycles. The van der Waals surface area contributed by atoms with Crippen LogP contribution < -0.4 is 15.4 Å². The summed E-state index contributed by atoms with van der Waals surface area (Å²) >= 11 is 5.14. The maximum Gasteiger partial charge on any atom is 0.317 e. The smallest absolute Gasteiger partial charge is 0.317 e. The van der Waals surface area contributed by atoms with Crippen molar-refractivity contribution in [3.63, 3.8) is 0 Å². The molecule has 1 heterocycles. The van der Waals surface area contributed by atoms with Crippen molar-refractivity contribution in [1.29, 1.82) is 0 Å². The summed E-state index contributed by atoms with van der Waals surface area (Å²) in [6.07, 6.45) is 0. The van der Waals surface area contributed by atoms with Gasteiger partial charge in [-0.2, -0.15) is 0 Å². The van der Waals surface area contributed by atoms with Gasteiger partial charge in [-0.15, -0.1) is 0 Å². The van der Waals surface area contributed by atoms with Crippen molar-refractivity contribution in [2.45, 2.75) is 13.0 Å². The predicted octanol–water partition coefficient (Wildman–Crippen LogP) is 1.91. The Balaban J connectivity index is 2.30. The van der Waals surface area contributed by atoms with E-state index in [9.17, 15) is 4.79 Å². The van der Waals surface area contributed by atoms with Crippen LogP contribution in [0.25, 0.3) is 0 Å². The number of carbonyl (C=O) groups excluding carboxylic acids is 1. The standard InChI is InChI=1S/C15H18N2O3S/c1-4-20-11-7-5-10(6-8-11)13-12(14(18)19-3)9(2)16-15(21)17-13/h5-8,12-13H,2,4H2,1,3H3,(H2,16,17,21). The molecule has 1 fully saturated rings. The molecule has 0 aromatic heterocycles. The molecular weight excluding hydrogens is 288 g/mol. The molecule has 2 rings (SSSR count). The first-order chi connectivity index (χ1) is 10.1. The predicted molar refractivity (Wildman–Crippen MR) is 83.9 cm³/mol. The van der Waals surface area contributed by atoms with Crippen LogP contribution in [-0.2, 0) is 9.53 Å². The largest absolute Gasteiger partial charge is 0.494 e. The zero-order chi connectivity index (χ0) is 15.4. The van der Waals surface area contributed by atoms with Crippen molar-refractivity contribution in [1.82, 2.24) is 10.6 Å². The summed E-state index contributed by atoms with van der Waals surface area (Å²) in [5.41, 5.74) is 1.45. The Morgan fingerprint density at radius 1 is 1.38 bits per heavy atom. The van der Waals surface area contributed by atoms with Gasteiger partial charge in [-0.05, 0) is 36.8 Å². The Morgan fingerprint density at radius 3 is 2.62 bits per heavy atom. The van der Waals surface area contributed by atoms with Crippen molar-refractivity contribution >= 4 is 23.3 Å². The van der Waals surface area contributed by atoms with Gasteiger partial charge in [0.15, 0.2) is 5.11 Å². The van der Waals surface area contributed by atoms with Crippen molar-refractivity contribution in [3.05, 3.63) is 42.1 Å². The lowest BCUT2D eigenvalue weighted by molar-refractivity contribution is -0.145. The molecule has 2 unspecified atom stereocenters. The molecule has 0 radical (unpaired) electrons. The normalized spacial score (nSPS) is 21.2. The molecule has 0 amide bonds. The SMILES string of the molecule is C=C1NC(=S)NC(c2ccc(OCC)cc2)C1C(=O)OC. The summed E-state index contributed by atoms with van der Waals surface area (Å²) in [6.45, 7) is 6.41. The number of carbonyl (C=O) groups is 1. The number of ether oxygens (including phenoxy) is 2. The molecule has 112 valence electrons. The second kappa shape index (κ2) is 6.58. The Labute approximate surface area is 129 Å². The molecule has 1 saturated heterocycles. The molecular formula is C15H18N2O3S. The lowest BCUT2D eigenvalue weighted by Gasteiger charge is -2.34. The number of hydrogen-bond acceptors (Lipinski definition) is 4. The van der Waals surface area contributed by atoms with Crippen molar-refractivity contribution in [2.75, 3.05) is 13.7 Å². The molecule has 0 aliphatic carbocycles. The molecule has 5 nitrogen and oxygen atoms in total. The molecule has 2 atom stereocenters. The van der Waals surface area contributed by atoms with E-state index >= 15 is 0 Å². The Morgan fingerprint density at radius 2 is 2.05 bits per heavy atom. The number of benzene rings is 1. The number of nitrogens with one attached hydrogen (secondary N) is 2. The number of rotatable bonds is 4. The number of esters is 1. The first-order valence-corrected chi connectivity index (χ1v) is 7.04. The number of thiocarbonyl (C=S) groups is 1. The third-order valence-electron chi connectivity index (χ3n) is 3.27. The minimum Gasteiger partial charge on any atom is -0.494 e. The zero-order valence-electron chi connectivity index (χ0n) is 12.0. The van der Waals surface area contributed by atoms with Crippen LogP contribution in [0.5, 0.6) is 5.75 Å². The van der Waals surface area contributed by atoms with Crippen LogP contribution in [0, 0.1) is 5.92 Å². The van der Waals surface area contributed by atoms with E-state index in [4.69, 9.17) is 21.7 Å². The van der Waals surface area contributed by atoms with Gasteiger partial charge >= 0.3 is 5.97 Å². The van der Waals surface area contributed by atoms with Crippen LogP contribution in [0.15, 0.2) is 36.5 Å². The second-order valence-corrected chi connectivity index (χ2v) is 5.01. The second-order valence-electron chi connectivity index (χ2n) is 4.60. The average molecular weight is 306 g/mol. The highest BCUT2D eigenvalue weighted by Crippen LogP contribution is 2.31. The van der Waals surface area contributed by atoms with E-state index in [-0.39, 0.29) is 12.0 Å². The van der Waals surface area contributed by atoms with Crippen molar-refractivity contribution < 1.29 is 14.3 Å². The minimum absolute atomic E-state index is 0.311. The topological polar surface area (TPSA) is 59.6 Å². The lowest BCUT2D eigenvalue weighted by Crippen LogP contribution is -2.50. The van der Waals surface area contributed by atoms with Gasteiger partial charge in [0, 0.05) is 5.70 Å². The van der Waals surface area contributed by atoms with Crippen LogP contribution in [0.2, 0.25) is 0 Å². The quantitative estimate of drug-likeness (QED) is 0.654. The first-order valence-electron chi connectivity index (χ1n) is 6.63. The Bertz CT molecular complexity index is 557. The van der Waals surface area contributed by atoms with E-state index in [1.807, 2.05) is 31.2 Å². The van der Waals surface area contributed by atoms with Gasteiger partial charge in [0.25, 0.3) is 0 Å². The van der Waals surface area contributed by atoms with Gasteiger partial charge in [-0.3, -0.25) is 4.79 Å². The highest BCUT2D eigenvalue weighted by atomic mass is 32.1. The van der Waals surface area contributed by atoms with Crippen LogP contribution in [0.3, 0.4) is 0 Å². The summed E-state index contributed by atoms with van der Waals surface area (Å²) in [5.74, 6) is -0.118. The first kappa shape index (κ1) is 15.3. The van der Waals surface area contributed by atoms with Crippen molar-refractivity contribution in [2.24, 2.45) is 5.92 Å². The van der Waals surface area contributed by atoms with Gasteiger partial charge in [0.2, 0.25) is 0 Å². The van der Waals surface area contributed by atoms with E-state index in [0.29, 0.717) is 17.4 Å². The van der Waals surface area contributed by atoms with E-state index in [2.05, 4.69) is 17.2 Å².